The highest BCUT2D eigenvalue weighted by molar-refractivity contribution is 5.71. The molecule has 57 heavy (non-hydrogen) atoms. The van der Waals surface area contributed by atoms with E-state index >= 15 is 0 Å². The fourth-order valence-electron chi connectivity index (χ4n) is 5.93. The predicted octanol–water partition coefficient (Wildman–Crippen LogP) is 14.9. The first-order valence-corrected chi connectivity index (χ1v) is 23.1. The van der Waals surface area contributed by atoms with E-state index in [-0.39, 0.29) is 31.1 Å². The number of unbranched alkanes of at least 4 members (excludes halogenated alkanes) is 15. The van der Waals surface area contributed by atoms with Crippen LogP contribution in [0.1, 0.15) is 201 Å². The van der Waals surface area contributed by atoms with Crippen LogP contribution < -0.4 is 0 Å². The molecule has 6 heteroatoms. The zero-order chi connectivity index (χ0) is 41.5. The largest absolute Gasteiger partial charge is 0.462 e. The Morgan fingerprint density at radius 1 is 0.368 bits per heavy atom. The first kappa shape index (κ1) is 53.6. The fraction of sp³-hybridized carbons (Fsp3) is 0.667. The van der Waals surface area contributed by atoms with Crippen LogP contribution in [0, 0.1) is 0 Å². The molecule has 6 nitrogen and oxygen atoms in total. The summed E-state index contributed by atoms with van der Waals surface area (Å²) in [5.41, 5.74) is 0. The number of hydrogen-bond donors (Lipinski definition) is 0. The Morgan fingerprint density at radius 3 is 1.12 bits per heavy atom. The molecule has 0 spiro atoms. The number of ether oxygens (including phenoxy) is 3. The quantitative estimate of drug-likeness (QED) is 0.0266. The number of esters is 3. The van der Waals surface area contributed by atoms with Crippen LogP contribution >= 0.6 is 0 Å². The molecule has 1 unspecified atom stereocenters. The Bertz CT molecular complexity index is 1140. The highest BCUT2D eigenvalue weighted by Gasteiger charge is 2.19. The first-order chi connectivity index (χ1) is 28.0. The summed E-state index contributed by atoms with van der Waals surface area (Å²) in [5.74, 6) is -1.000. The molecule has 0 aliphatic heterocycles. The summed E-state index contributed by atoms with van der Waals surface area (Å²) in [5, 5.41) is 0. The highest BCUT2D eigenvalue weighted by atomic mass is 16.6. The molecule has 0 fully saturated rings. The van der Waals surface area contributed by atoms with E-state index in [1.807, 2.05) is 0 Å². The van der Waals surface area contributed by atoms with E-state index in [0.29, 0.717) is 19.3 Å². The average molecular weight is 793 g/mol. The lowest BCUT2D eigenvalue weighted by molar-refractivity contribution is -0.167. The van der Waals surface area contributed by atoms with Gasteiger partial charge < -0.3 is 14.2 Å². The Balaban J connectivity index is 4.47. The Hall–Kier alpha value is -3.41. The second kappa shape index (κ2) is 45.3. The Labute approximate surface area is 350 Å². The molecule has 1 atom stereocenters. The van der Waals surface area contributed by atoms with Crippen LogP contribution in [0.4, 0.5) is 0 Å². The van der Waals surface area contributed by atoms with Crippen molar-refractivity contribution in [2.45, 2.75) is 207 Å². The average Bonchev–Trinajstić information content (AvgIpc) is 3.21. The van der Waals surface area contributed by atoms with Crippen LogP contribution in [0.3, 0.4) is 0 Å². The molecule has 0 aliphatic carbocycles. The van der Waals surface area contributed by atoms with Gasteiger partial charge in [-0.15, -0.1) is 0 Å². The maximum absolute atomic E-state index is 12.7. The summed E-state index contributed by atoms with van der Waals surface area (Å²) in [6, 6.07) is 0. The van der Waals surface area contributed by atoms with Gasteiger partial charge in [0.15, 0.2) is 6.10 Å². The molecule has 0 heterocycles. The molecule has 324 valence electrons. The van der Waals surface area contributed by atoms with Crippen molar-refractivity contribution in [1.82, 2.24) is 0 Å². The SMILES string of the molecule is CC/C=C\C/C=C\C/C=C\C/C=C\CCCCCC(=O)OCC(COC(=O)CCCC/C=C\C/C=C\CC)OC(=O)CCCCC/C=C\CCCCCCCCC. The number of hydrogen-bond acceptors (Lipinski definition) is 6. The van der Waals surface area contributed by atoms with E-state index in [9.17, 15) is 14.4 Å². The number of carbonyl (C=O) groups excluding carboxylic acids is 3. The van der Waals surface area contributed by atoms with Crippen molar-refractivity contribution in [3.05, 3.63) is 85.1 Å². The third-order valence-corrected chi connectivity index (χ3v) is 9.36. The van der Waals surface area contributed by atoms with Crippen LogP contribution in [-0.4, -0.2) is 37.2 Å². The maximum atomic E-state index is 12.7. The lowest BCUT2D eigenvalue weighted by Gasteiger charge is -2.18. The van der Waals surface area contributed by atoms with Gasteiger partial charge in [-0.3, -0.25) is 14.4 Å². The van der Waals surface area contributed by atoms with Crippen molar-refractivity contribution in [2.75, 3.05) is 13.2 Å². The van der Waals surface area contributed by atoms with Crippen LogP contribution in [0.2, 0.25) is 0 Å². The minimum absolute atomic E-state index is 0.111. The normalized spacial score (nSPS) is 12.8. The van der Waals surface area contributed by atoms with Crippen LogP contribution in [0.5, 0.6) is 0 Å². The van der Waals surface area contributed by atoms with Gasteiger partial charge in [-0.05, 0) is 109 Å². The predicted molar refractivity (Wildman–Crippen MR) is 242 cm³/mol. The zero-order valence-corrected chi connectivity index (χ0v) is 36.8. The molecule has 0 saturated carbocycles. The minimum atomic E-state index is -0.808. The molecular formula is C51H84O6. The topological polar surface area (TPSA) is 78.9 Å². The van der Waals surface area contributed by atoms with E-state index in [4.69, 9.17) is 14.2 Å². The monoisotopic (exact) mass is 793 g/mol. The highest BCUT2D eigenvalue weighted by Crippen LogP contribution is 2.12. The van der Waals surface area contributed by atoms with Gasteiger partial charge in [0.1, 0.15) is 13.2 Å². The first-order valence-electron chi connectivity index (χ1n) is 23.1. The van der Waals surface area contributed by atoms with Gasteiger partial charge in [-0.2, -0.15) is 0 Å². The standard InChI is InChI=1S/C51H84O6/c1-4-7-10-13-16-19-21-23-25-26-28-29-32-35-38-41-44-50(53)56-47-48(46-55-49(52)43-40-37-34-31-18-15-12-9-6-3)57-51(54)45-42-39-36-33-30-27-24-22-20-17-14-11-8-5-2/h7,9-10,12,16,18-19,23,25,27-31,48H,4-6,8,11,13-15,17,20-22,24,26,32-47H2,1-3H3/b10-7-,12-9-,19-16-,25-23-,29-28-,30-27-,31-18-. The molecule has 0 rings (SSSR count). The molecule has 0 N–H and O–H groups in total. The van der Waals surface area contributed by atoms with Crippen molar-refractivity contribution < 1.29 is 28.6 Å². The van der Waals surface area contributed by atoms with E-state index < -0.39 is 6.10 Å². The van der Waals surface area contributed by atoms with E-state index in [1.54, 1.807) is 0 Å². The van der Waals surface area contributed by atoms with Crippen LogP contribution in [-0.2, 0) is 28.6 Å². The van der Waals surface area contributed by atoms with Gasteiger partial charge >= 0.3 is 17.9 Å². The van der Waals surface area contributed by atoms with Gasteiger partial charge in [-0.1, -0.05) is 157 Å². The van der Waals surface area contributed by atoms with Crippen LogP contribution in [0.15, 0.2) is 85.1 Å². The molecule has 0 aromatic rings. The molecule has 0 aromatic heterocycles. The maximum Gasteiger partial charge on any atom is 0.306 e. The molecule has 0 amide bonds. The van der Waals surface area contributed by atoms with Gasteiger partial charge in [0.05, 0.1) is 0 Å². The molecule has 0 bridgehead atoms. The van der Waals surface area contributed by atoms with Gasteiger partial charge in [-0.25, -0.2) is 0 Å². The summed E-state index contributed by atoms with van der Waals surface area (Å²) in [7, 11) is 0. The minimum Gasteiger partial charge on any atom is -0.462 e. The van der Waals surface area contributed by atoms with Crippen molar-refractivity contribution in [3.63, 3.8) is 0 Å². The third kappa shape index (κ3) is 43.6. The van der Waals surface area contributed by atoms with E-state index in [1.165, 1.54) is 44.9 Å². The molecule has 0 aromatic carbocycles. The van der Waals surface area contributed by atoms with Crippen molar-refractivity contribution in [2.24, 2.45) is 0 Å². The van der Waals surface area contributed by atoms with Gasteiger partial charge in [0.25, 0.3) is 0 Å². The van der Waals surface area contributed by atoms with Crippen LogP contribution in [0.25, 0.3) is 0 Å². The summed E-state index contributed by atoms with van der Waals surface area (Å²) >= 11 is 0. The fourth-order valence-corrected chi connectivity index (χ4v) is 5.93. The Kier molecular flexibility index (Phi) is 42.6. The van der Waals surface area contributed by atoms with E-state index in [0.717, 1.165) is 116 Å². The van der Waals surface area contributed by atoms with Crippen molar-refractivity contribution in [3.8, 4) is 0 Å². The summed E-state index contributed by atoms with van der Waals surface area (Å²) in [6.45, 7) is 6.30. The second-order valence-electron chi connectivity index (χ2n) is 14.9. The lowest BCUT2D eigenvalue weighted by atomic mass is 10.1. The summed E-state index contributed by atoms with van der Waals surface area (Å²) in [4.78, 5) is 37.7. The Morgan fingerprint density at radius 2 is 0.684 bits per heavy atom. The lowest BCUT2D eigenvalue weighted by Crippen LogP contribution is -2.30. The second-order valence-corrected chi connectivity index (χ2v) is 14.9. The molecule has 0 aliphatic rings. The van der Waals surface area contributed by atoms with Gasteiger partial charge in [0.2, 0.25) is 0 Å². The summed E-state index contributed by atoms with van der Waals surface area (Å²) in [6.07, 6.45) is 57.2. The van der Waals surface area contributed by atoms with E-state index in [2.05, 4.69) is 106 Å². The van der Waals surface area contributed by atoms with Crippen molar-refractivity contribution in [1.29, 1.82) is 0 Å². The number of allylic oxidation sites excluding steroid dienone is 14. The molecule has 0 saturated heterocycles. The molecule has 0 radical (unpaired) electrons. The number of rotatable bonds is 40. The smallest absolute Gasteiger partial charge is 0.306 e. The van der Waals surface area contributed by atoms with Gasteiger partial charge in [0, 0.05) is 19.3 Å². The third-order valence-electron chi connectivity index (χ3n) is 9.36. The number of carbonyl (C=O) groups is 3. The summed E-state index contributed by atoms with van der Waals surface area (Å²) < 4.78 is 16.6. The zero-order valence-electron chi connectivity index (χ0n) is 36.8. The molecular weight excluding hydrogens is 709 g/mol. The van der Waals surface area contributed by atoms with Crippen molar-refractivity contribution >= 4 is 17.9 Å².